The summed E-state index contributed by atoms with van der Waals surface area (Å²) < 4.78 is 26.9. The third kappa shape index (κ3) is 3.52. The van der Waals surface area contributed by atoms with Crippen LogP contribution in [0.4, 0.5) is 8.78 Å². The number of carbonyl (C=O) groups excluding carboxylic acids is 1. The summed E-state index contributed by atoms with van der Waals surface area (Å²) in [7, 11) is 0. The van der Waals surface area contributed by atoms with E-state index in [9.17, 15) is 18.7 Å². The fourth-order valence-electron chi connectivity index (χ4n) is 2.33. The number of aliphatic hydroxyl groups is 1. The molecule has 1 aromatic carbocycles. The predicted molar refractivity (Wildman–Crippen MR) is 70.0 cm³/mol. The summed E-state index contributed by atoms with van der Waals surface area (Å²) in [5.41, 5.74) is -0.367. The molecule has 0 aliphatic carbocycles. The van der Waals surface area contributed by atoms with E-state index in [-0.39, 0.29) is 24.6 Å². The molecular weight excluding hydrogens is 266 g/mol. The van der Waals surface area contributed by atoms with Crippen LogP contribution in [0.3, 0.4) is 0 Å². The van der Waals surface area contributed by atoms with Gasteiger partial charge in [0.15, 0.2) is 0 Å². The first-order valence-corrected chi connectivity index (χ1v) is 6.70. The van der Waals surface area contributed by atoms with Gasteiger partial charge >= 0.3 is 0 Å². The number of nitrogens with zero attached hydrogens (tertiary/aromatic N) is 1. The van der Waals surface area contributed by atoms with Gasteiger partial charge in [0.1, 0.15) is 11.6 Å². The van der Waals surface area contributed by atoms with Gasteiger partial charge in [-0.05, 0) is 25.0 Å². The SMILES string of the molecule is O=C(CNCC(O)c1c(F)cccc1F)N1CCCC1. The van der Waals surface area contributed by atoms with Crippen LogP contribution >= 0.6 is 0 Å². The highest BCUT2D eigenvalue weighted by Gasteiger charge is 2.20. The molecule has 1 heterocycles. The van der Waals surface area contributed by atoms with Crippen molar-refractivity contribution in [1.82, 2.24) is 10.2 Å². The summed E-state index contributed by atoms with van der Waals surface area (Å²) in [5, 5.41) is 12.5. The van der Waals surface area contributed by atoms with Crippen LogP contribution in [-0.2, 0) is 4.79 Å². The molecule has 0 aromatic heterocycles. The normalized spacial score (nSPS) is 16.4. The lowest BCUT2D eigenvalue weighted by atomic mass is 10.1. The van der Waals surface area contributed by atoms with E-state index in [2.05, 4.69) is 5.32 Å². The second-order valence-electron chi connectivity index (χ2n) is 4.87. The molecular formula is C14H18F2N2O2. The number of hydrogen-bond acceptors (Lipinski definition) is 3. The van der Waals surface area contributed by atoms with Crippen molar-refractivity contribution in [2.45, 2.75) is 18.9 Å². The van der Waals surface area contributed by atoms with E-state index >= 15 is 0 Å². The molecule has 1 aliphatic rings. The van der Waals surface area contributed by atoms with Gasteiger partial charge in [0.2, 0.25) is 5.91 Å². The van der Waals surface area contributed by atoms with E-state index in [0.29, 0.717) is 0 Å². The summed E-state index contributed by atoms with van der Waals surface area (Å²) in [6, 6.07) is 3.43. The van der Waals surface area contributed by atoms with Crippen molar-refractivity contribution in [3.05, 3.63) is 35.4 Å². The zero-order chi connectivity index (χ0) is 14.5. The van der Waals surface area contributed by atoms with Gasteiger partial charge in [-0.15, -0.1) is 0 Å². The maximum Gasteiger partial charge on any atom is 0.236 e. The Balaban J connectivity index is 1.83. The van der Waals surface area contributed by atoms with E-state index in [4.69, 9.17) is 0 Å². The van der Waals surface area contributed by atoms with Crippen molar-refractivity contribution < 1.29 is 18.7 Å². The molecule has 1 aliphatic heterocycles. The number of amides is 1. The number of halogens is 2. The summed E-state index contributed by atoms with van der Waals surface area (Å²) in [5.74, 6) is -1.63. The van der Waals surface area contributed by atoms with Gasteiger partial charge in [0, 0.05) is 19.6 Å². The smallest absolute Gasteiger partial charge is 0.236 e. The molecule has 1 saturated heterocycles. The quantitative estimate of drug-likeness (QED) is 0.854. The highest BCUT2D eigenvalue weighted by molar-refractivity contribution is 5.78. The Kier molecular flexibility index (Phi) is 5.03. The highest BCUT2D eigenvalue weighted by Crippen LogP contribution is 2.19. The van der Waals surface area contributed by atoms with Gasteiger partial charge in [0.05, 0.1) is 18.2 Å². The summed E-state index contributed by atoms with van der Waals surface area (Å²) in [6.07, 6.45) is 0.700. The van der Waals surface area contributed by atoms with E-state index < -0.39 is 17.7 Å². The maximum atomic E-state index is 13.4. The minimum atomic E-state index is -1.32. The van der Waals surface area contributed by atoms with E-state index in [1.807, 2.05) is 0 Å². The molecule has 110 valence electrons. The molecule has 4 nitrogen and oxygen atoms in total. The van der Waals surface area contributed by atoms with Crippen LogP contribution in [0, 0.1) is 11.6 Å². The lowest BCUT2D eigenvalue weighted by Crippen LogP contribution is -2.37. The Bertz CT molecular complexity index is 456. The van der Waals surface area contributed by atoms with E-state index in [1.54, 1.807) is 4.90 Å². The molecule has 0 spiro atoms. The monoisotopic (exact) mass is 284 g/mol. The van der Waals surface area contributed by atoms with Gasteiger partial charge in [-0.3, -0.25) is 4.79 Å². The standard InChI is InChI=1S/C14H18F2N2O2/c15-10-4-3-5-11(16)14(10)12(19)8-17-9-13(20)18-6-1-2-7-18/h3-5,12,17,19H,1-2,6-9H2. The van der Waals surface area contributed by atoms with E-state index in [1.165, 1.54) is 6.07 Å². The zero-order valence-electron chi connectivity index (χ0n) is 11.1. The van der Waals surface area contributed by atoms with Crippen LogP contribution in [0.25, 0.3) is 0 Å². The highest BCUT2D eigenvalue weighted by atomic mass is 19.1. The first-order chi connectivity index (χ1) is 9.59. The second-order valence-corrected chi connectivity index (χ2v) is 4.87. The molecule has 6 heteroatoms. The Morgan fingerprint density at radius 3 is 2.50 bits per heavy atom. The van der Waals surface area contributed by atoms with Crippen LogP contribution in [0.2, 0.25) is 0 Å². The molecule has 0 saturated carbocycles. The Morgan fingerprint density at radius 1 is 1.30 bits per heavy atom. The largest absolute Gasteiger partial charge is 0.387 e. The van der Waals surface area contributed by atoms with Gasteiger partial charge in [-0.2, -0.15) is 0 Å². The fraction of sp³-hybridized carbons (Fsp3) is 0.500. The van der Waals surface area contributed by atoms with Crippen molar-refractivity contribution in [2.24, 2.45) is 0 Å². The number of likely N-dealkylation sites (tertiary alicyclic amines) is 1. The van der Waals surface area contributed by atoms with E-state index in [0.717, 1.165) is 38.1 Å². The third-order valence-electron chi connectivity index (χ3n) is 3.41. The third-order valence-corrected chi connectivity index (χ3v) is 3.41. The number of hydrogen-bond donors (Lipinski definition) is 2. The number of rotatable bonds is 5. The summed E-state index contributed by atoms with van der Waals surface area (Å²) >= 11 is 0. The van der Waals surface area contributed by atoms with Crippen LogP contribution in [-0.4, -0.2) is 42.1 Å². The number of benzene rings is 1. The molecule has 1 unspecified atom stereocenters. The fourth-order valence-corrected chi connectivity index (χ4v) is 2.33. The molecule has 20 heavy (non-hydrogen) atoms. The number of carbonyl (C=O) groups is 1. The average molecular weight is 284 g/mol. The first-order valence-electron chi connectivity index (χ1n) is 6.70. The topological polar surface area (TPSA) is 52.6 Å². The average Bonchev–Trinajstić information content (AvgIpc) is 2.92. The first kappa shape index (κ1) is 14.9. The van der Waals surface area contributed by atoms with Crippen LogP contribution in [0.15, 0.2) is 18.2 Å². The number of aliphatic hydroxyl groups excluding tert-OH is 1. The lowest BCUT2D eigenvalue weighted by Gasteiger charge is -2.17. The minimum absolute atomic E-state index is 0.0521. The maximum absolute atomic E-state index is 13.4. The Hall–Kier alpha value is -1.53. The van der Waals surface area contributed by atoms with Crippen molar-refractivity contribution in [2.75, 3.05) is 26.2 Å². The summed E-state index contributed by atoms with van der Waals surface area (Å²) in [4.78, 5) is 13.5. The van der Waals surface area contributed by atoms with Gasteiger partial charge in [-0.1, -0.05) is 6.07 Å². The molecule has 1 atom stereocenters. The molecule has 2 N–H and O–H groups in total. The van der Waals surface area contributed by atoms with Crippen LogP contribution < -0.4 is 5.32 Å². The molecule has 1 aromatic rings. The number of nitrogens with one attached hydrogen (secondary N) is 1. The lowest BCUT2D eigenvalue weighted by molar-refractivity contribution is -0.129. The molecule has 1 fully saturated rings. The van der Waals surface area contributed by atoms with Gasteiger partial charge in [0.25, 0.3) is 0 Å². The molecule has 0 bridgehead atoms. The Labute approximate surface area is 116 Å². The molecule has 2 rings (SSSR count). The predicted octanol–water partition coefficient (Wildman–Crippen LogP) is 1.21. The van der Waals surface area contributed by atoms with Gasteiger partial charge < -0.3 is 15.3 Å². The second kappa shape index (κ2) is 6.76. The van der Waals surface area contributed by atoms with Crippen LogP contribution in [0.1, 0.15) is 24.5 Å². The van der Waals surface area contributed by atoms with Crippen molar-refractivity contribution in [1.29, 1.82) is 0 Å². The van der Waals surface area contributed by atoms with Crippen molar-refractivity contribution >= 4 is 5.91 Å². The van der Waals surface area contributed by atoms with Crippen molar-refractivity contribution in [3.8, 4) is 0 Å². The Morgan fingerprint density at radius 2 is 1.90 bits per heavy atom. The summed E-state index contributed by atoms with van der Waals surface area (Å²) in [6.45, 7) is 1.50. The molecule has 0 radical (unpaired) electrons. The van der Waals surface area contributed by atoms with Crippen molar-refractivity contribution in [3.63, 3.8) is 0 Å². The van der Waals surface area contributed by atoms with Gasteiger partial charge in [-0.25, -0.2) is 8.78 Å². The zero-order valence-corrected chi connectivity index (χ0v) is 11.1. The molecule has 1 amide bonds. The minimum Gasteiger partial charge on any atom is -0.387 e. The van der Waals surface area contributed by atoms with Crippen LogP contribution in [0.5, 0.6) is 0 Å².